The Morgan fingerprint density at radius 2 is 2.00 bits per heavy atom. The molecule has 0 saturated carbocycles. The van der Waals surface area contributed by atoms with Crippen LogP contribution in [0.3, 0.4) is 0 Å². The standard InChI is InChI=1S/C12H12ClN3S/c1-7-3-4-8(2)9(5-7)17-12-10(13)11(14)15-6-16-12/h3-6H,1-2H3,(H2,14,15,16). The number of anilines is 1. The lowest BCUT2D eigenvalue weighted by atomic mass is 10.2. The molecule has 0 aliphatic heterocycles. The number of nitrogen functional groups attached to an aromatic ring is 1. The molecule has 0 radical (unpaired) electrons. The molecule has 1 aromatic carbocycles. The van der Waals surface area contributed by atoms with Crippen LogP contribution in [0.1, 0.15) is 11.1 Å². The molecule has 2 N–H and O–H groups in total. The molecule has 1 aromatic heterocycles. The lowest BCUT2D eigenvalue weighted by Gasteiger charge is -2.07. The van der Waals surface area contributed by atoms with Crippen molar-refractivity contribution in [2.45, 2.75) is 23.8 Å². The fourth-order valence-corrected chi connectivity index (χ4v) is 2.55. The summed E-state index contributed by atoms with van der Waals surface area (Å²) in [6.07, 6.45) is 1.43. The monoisotopic (exact) mass is 265 g/mol. The van der Waals surface area contributed by atoms with Crippen molar-refractivity contribution in [1.82, 2.24) is 9.97 Å². The summed E-state index contributed by atoms with van der Waals surface area (Å²) in [5.74, 6) is 0.314. The van der Waals surface area contributed by atoms with Gasteiger partial charge in [-0.1, -0.05) is 35.5 Å². The van der Waals surface area contributed by atoms with Gasteiger partial charge in [-0.05, 0) is 31.0 Å². The van der Waals surface area contributed by atoms with E-state index < -0.39 is 0 Å². The maximum Gasteiger partial charge on any atom is 0.146 e. The van der Waals surface area contributed by atoms with Gasteiger partial charge in [-0.2, -0.15) is 0 Å². The second-order valence-electron chi connectivity index (χ2n) is 3.75. The SMILES string of the molecule is Cc1ccc(C)c(Sc2ncnc(N)c2Cl)c1. The highest BCUT2D eigenvalue weighted by molar-refractivity contribution is 7.99. The van der Waals surface area contributed by atoms with Crippen LogP contribution in [-0.2, 0) is 0 Å². The molecule has 0 atom stereocenters. The van der Waals surface area contributed by atoms with Crippen LogP contribution in [0.4, 0.5) is 5.82 Å². The van der Waals surface area contributed by atoms with Crippen LogP contribution in [0.25, 0.3) is 0 Å². The smallest absolute Gasteiger partial charge is 0.146 e. The van der Waals surface area contributed by atoms with Gasteiger partial charge in [-0.15, -0.1) is 0 Å². The van der Waals surface area contributed by atoms with Gasteiger partial charge < -0.3 is 5.73 Å². The van der Waals surface area contributed by atoms with Crippen LogP contribution in [0.15, 0.2) is 34.4 Å². The maximum atomic E-state index is 6.06. The minimum absolute atomic E-state index is 0.314. The van der Waals surface area contributed by atoms with Gasteiger partial charge in [0.15, 0.2) is 0 Å². The Kier molecular flexibility index (Phi) is 3.54. The molecular weight excluding hydrogens is 254 g/mol. The number of hydrogen-bond acceptors (Lipinski definition) is 4. The summed E-state index contributed by atoms with van der Waals surface area (Å²) in [5, 5.41) is 1.10. The largest absolute Gasteiger partial charge is 0.382 e. The fraction of sp³-hybridized carbons (Fsp3) is 0.167. The number of nitrogens with zero attached hydrogens (tertiary/aromatic N) is 2. The molecule has 17 heavy (non-hydrogen) atoms. The predicted octanol–water partition coefficient (Wildman–Crippen LogP) is 3.48. The average Bonchev–Trinajstić information content (AvgIpc) is 2.30. The zero-order valence-electron chi connectivity index (χ0n) is 9.57. The van der Waals surface area contributed by atoms with Gasteiger partial charge in [0.25, 0.3) is 0 Å². The Bertz CT molecular complexity index is 557. The summed E-state index contributed by atoms with van der Waals surface area (Å²) in [6, 6.07) is 6.26. The van der Waals surface area contributed by atoms with Crippen LogP contribution in [0.5, 0.6) is 0 Å². The van der Waals surface area contributed by atoms with Crippen LogP contribution in [0.2, 0.25) is 5.02 Å². The molecule has 0 saturated heterocycles. The van der Waals surface area contributed by atoms with Crippen molar-refractivity contribution in [3.8, 4) is 0 Å². The minimum Gasteiger partial charge on any atom is -0.382 e. The van der Waals surface area contributed by atoms with Crippen molar-refractivity contribution in [3.05, 3.63) is 40.7 Å². The van der Waals surface area contributed by atoms with Gasteiger partial charge in [-0.25, -0.2) is 9.97 Å². The quantitative estimate of drug-likeness (QED) is 0.845. The summed E-state index contributed by atoms with van der Waals surface area (Å²) in [5.41, 5.74) is 8.04. The van der Waals surface area contributed by atoms with E-state index in [2.05, 4.69) is 42.0 Å². The van der Waals surface area contributed by atoms with E-state index in [9.17, 15) is 0 Å². The number of nitrogens with two attached hydrogens (primary N) is 1. The van der Waals surface area contributed by atoms with Crippen molar-refractivity contribution in [3.63, 3.8) is 0 Å². The van der Waals surface area contributed by atoms with E-state index in [1.807, 2.05) is 0 Å². The minimum atomic E-state index is 0.314. The molecule has 0 aliphatic carbocycles. The number of aromatic nitrogens is 2. The summed E-state index contributed by atoms with van der Waals surface area (Å²) in [4.78, 5) is 9.12. The van der Waals surface area contributed by atoms with Crippen molar-refractivity contribution in [1.29, 1.82) is 0 Å². The first kappa shape index (κ1) is 12.2. The maximum absolute atomic E-state index is 6.06. The Hall–Kier alpha value is -1.26. The molecule has 88 valence electrons. The zero-order valence-corrected chi connectivity index (χ0v) is 11.1. The third-order valence-electron chi connectivity index (χ3n) is 2.33. The highest BCUT2D eigenvalue weighted by atomic mass is 35.5. The van der Waals surface area contributed by atoms with E-state index in [4.69, 9.17) is 17.3 Å². The van der Waals surface area contributed by atoms with Crippen LogP contribution < -0.4 is 5.73 Å². The molecule has 1 heterocycles. The number of aryl methyl sites for hydroxylation is 2. The third kappa shape index (κ3) is 2.70. The van der Waals surface area contributed by atoms with Gasteiger partial charge in [-0.3, -0.25) is 0 Å². The molecule has 0 amide bonds. The van der Waals surface area contributed by atoms with Crippen LogP contribution in [-0.4, -0.2) is 9.97 Å². The molecule has 0 bridgehead atoms. The molecule has 0 unspecified atom stereocenters. The highest BCUT2D eigenvalue weighted by Gasteiger charge is 2.09. The lowest BCUT2D eigenvalue weighted by molar-refractivity contribution is 1.05. The van der Waals surface area contributed by atoms with Crippen LogP contribution in [0, 0.1) is 13.8 Å². The highest BCUT2D eigenvalue weighted by Crippen LogP contribution is 2.35. The van der Waals surface area contributed by atoms with Crippen LogP contribution >= 0.6 is 23.4 Å². The molecular formula is C12H12ClN3S. The van der Waals surface area contributed by atoms with E-state index in [1.165, 1.54) is 29.2 Å². The molecule has 0 spiro atoms. The van der Waals surface area contributed by atoms with E-state index in [0.717, 1.165) is 4.90 Å². The average molecular weight is 266 g/mol. The molecule has 0 fully saturated rings. The molecule has 0 aliphatic rings. The molecule has 3 nitrogen and oxygen atoms in total. The fourth-order valence-electron chi connectivity index (χ4n) is 1.36. The zero-order chi connectivity index (χ0) is 12.4. The summed E-state index contributed by atoms with van der Waals surface area (Å²) >= 11 is 7.57. The first-order valence-corrected chi connectivity index (χ1v) is 6.28. The first-order valence-electron chi connectivity index (χ1n) is 5.09. The summed E-state index contributed by atoms with van der Waals surface area (Å²) in [7, 11) is 0. The third-order valence-corrected chi connectivity index (χ3v) is 3.98. The van der Waals surface area contributed by atoms with E-state index in [-0.39, 0.29) is 0 Å². The molecule has 2 rings (SSSR count). The van der Waals surface area contributed by atoms with Crippen molar-refractivity contribution in [2.24, 2.45) is 0 Å². The van der Waals surface area contributed by atoms with Gasteiger partial charge in [0.1, 0.15) is 22.2 Å². The van der Waals surface area contributed by atoms with Gasteiger partial charge in [0, 0.05) is 4.90 Å². The Morgan fingerprint density at radius 3 is 2.76 bits per heavy atom. The lowest BCUT2D eigenvalue weighted by Crippen LogP contribution is -1.94. The molecule has 5 heteroatoms. The number of rotatable bonds is 2. The Morgan fingerprint density at radius 1 is 1.24 bits per heavy atom. The number of hydrogen-bond donors (Lipinski definition) is 1. The van der Waals surface area contributed by atoms with E-state index in [0.29, 0.717) is 15.9 Å². The first-order chi connectivity index (χ1) is 8.08. The summed E-state index contributed by atoms with van der Waals surface area (Å²) < 4.78 is 0. The van der Waals surface area contributed by atoms with E-state index >= 15 is 0 Å². The Balaban J connectivity index is 2.38. The normalized spacial score (nSPS) is 10.5. The predicted molar refractivity (Wildman–Crippen MR) is 71.5 cm³/mol. The second kappa shape index (κ2) is 4.94. The number of benzene rings is 1. The van der Waals surface area contributed by atoms with Gasteiger partial charge >= 0.3 is 0 Å². The Labute approximate surface area is 109 Å². The van der Waals surface area contributed by atoms with Crippen molar-refractivity contribution >= 4 is 29.2 Å². The van der Waals surface area contributed by atoms with Gasteiger partial charge in [0.05, 0.1) is 0 Å². The summed E-state index contributed by atoms with van der Waals surface area (Å²) in [6.45, 7) is 4.11. The van der Waals surface area contributed by atoms with E-state index in [1.54, 1.807) is 0 Å². The van der Waals surface area contributed by atoms with Crippen molar-refractivity contribution < 1.29 is 0 Å². The van der Waals surface area contributed by atoms with Gasteiger partial charge in [0.2, 0.25) is 0 Å². The second-order valence-corrected chi connectivity index (χ2v) is 5.16. The molecule has 2 aromatic rings. The topological polar surface area (TPSA) is 51.8 Å². The van der Waals surface area contributed by atoms with Crippen molar-refractivity contribution in [2.75, 3.05) is 5.73 Å². The number of halogens is 1.